The molecule has 1 aromatic heterocycles. The zero-order chi connectivity index (χ0) is 23.3. The second-order valence-corrected chi connectivity index (χ2v) is 9.85. The average molecular weight is 464 g/mol. The van der Waals surface area contributed by atoms with E-state index < -0.39 is 21.8 Å². The van der Waals surface area contributed by atoms with Crippen LogP contribution in [0.4, 0.5) is 5.69 Å². The first-order chi connectivity index (χ1) is 15.8. The van der Waals surface area contributed by atoms with Crippen molar-refractivity contribution >= 4 is 27.5 Å². The van der Waals surface area contributed by atoms with Crippen molar-refractivity contribution in [2.24, 2.45) is 0 Å². The van der Waals surface area contributed by atoms with Gasteiger partial charge < -0.3 is 4.74 Å². The molecular weight excluding hydrogens is 442 g/mol. The zero-order valence-electron chi connectivity index (χ0n) is 18.1. The summed E-state index contributed by atoms with van der Waals surface area (Å²) in [6, 6.07) is 15.0. The largest absolute Gasteiger partial charge is 0.495 e. The van der Waals surface area contributed by atoms with Crippen molar-refractivity contribution in [2.75, 3.05) is 11.4 Å². The summed E-state index contributed by atoms with van der Waals surface area (Å²) in [5.41, 5.74) is 2.44. The van der Waals surface area contributed by atoms with Crippen molar-refractivity contribution in [2.45, 2.75) is 30.8 Å². The predicted molar refractivity (Wildman–Crippen MR) is 121 cm³/mol. The van der Waals surface area contributed by atoms with Crippen molar-refractivity contribution in [3.63, 3.8) is 0 Å². The number of aromatic nitrogens is 1. The molecule has 8 nitrogen and oxygen atoms in total. The Kier molecular flexibility index (Phi) is 4.93. The minimum atomic E-state index is -3.97. The van der Waals surface area contributed by atoms with Gasteiger partial charge in [-0.2, -0.15) is 0 Å². The molecule has 0 saturated heterocycles. The summed E-state index contributed by atoms with van der Waals surface area (Å²) in [6.45, 7) is 1.78. The number of ether oxygens (including phenoxy) is 1. The molecule has 3 aromatic rings. The molecule has 0 saturated carbocycles. The molecule has 5 rings (SSSR count). The minimum absolute atomic E-state index is 0.0132. The number of amides is 2. The number of pyridine rings is 1. The highest BCUT2D eigenvalue weighted by Gasteiger charge is 2.39. The first-order valence-corrected chi connectivity index (χ1v) is 11.9. The summed E-state index contributed by atoms with van der Waals surface area (Å²) in [6.07, 6.45) is 2.07. The Morgan fingerprint density at radius 1 is 1.06 bits per heavy atom. The molecule has 2 amide bonds. The maximum atomic E-state index is 13.8. The molecule has 1 unspecified atom stereocenters. The summed E-state index contributed by atoms with van der Waals surface area (Å²) in [7, 11) is -2.57. The number of nitrogens with zero attached hydrogens (tertiary/aromatic N) is 3. The summed E-state index contributed by atoms with van der Waals surface area (Å²) in [5, 5.41) is 0. The van der Waals surface area contributed by atoms with Crippen molar-refractivity contribution < 1.29 is 22.7 Å². The van der Waals surface area contributed by atoms with Crippen LogP contribution < -0.4 is 9.04 Å². The van der Waals surface area contributed by atoms with E-state index in [2.05, 4.69) is 4.98 Å². The standard InChI is InChI=1S/C24H21N3O5S/c1-15-12-17-6-3-4-8-19(17)27(15)33(30,31)21-13-16(9-10-20(21)32-2)14-26-23(28)18-7-5-11-25-22(18)24(26)29/h3-11,13,15H,12,14H2,1-2H3. The summed E-state index contributed by atoms with van der Waals surface area (Å²) >= 11 is 0. The van der Waals surface area contributed by atoms with Crippen LogP contribution in [0.1, 0.15) is 38.9 Å². The molecule has 2 aliphatic rings. The Morgan fingerprint density at radius 2 is 1.85 bits per heavy atom. The van der Waals surface area contributed by atoms with Gasteiger partial charge in [0.2, 0.25) is 0 Å². The van der Waals surface area contributed by atoms with Crippen LogP contribution in [0.5, 0.6) is 5.75 Å². The van der Waals surface area contributed by atoms with Gasteiger partial charge in [-0.25, -0.2) is 8.42 Å². The first-order valence-electron chi connectivity index (χ1n) is 10.4. The Morgan fingerprint density at radius 3 is 2.61 bits per heavy atom. The number of hydrogen-bond acceptors (Lipinski definition) is 6. The number of benzene rings is 2. The molecule has 2 aromatic carbocycles. The van der Waals surface area contributed by atoms with Crippen LogP contribution in [0.3, 0.4) is 0 Å². The van der Waals surface area contributed by atoms with E-state index in [0.717, 1.165) is 10.5 Å². The molecular formula is C24H21N3O5S. The van der Waals surface area contributed by atoms with Gasteiger partial charge in [-0.15, -0.1) is 0 Å². The molecule has 3 heterocycles. The van der Waals surface area contributed by atoms with Crippen molar-refractivity contribution in [3.8, 4) is 5.75 Å². The van der Waals surface area contributed by atoms with E-state index in [-0.39, 0.29) is 34.5 Å². The average Bonchev–Trinajstić information content (AvgIpc) is 3.28. The van der Waals surface area contributed by atoms with Gasteiger partial charge in [-0.1, -0.05) is 24.3 Å². The summed E-state index contributed by atoms with van der Waals surface area (Å²) in [4.78, 5) is 30.5. The normalized spacial score (nSPS) is 17.3. The van der Waals surface area contributed by atoms with Gasteiger partial charge in [0.1, 0.15) is 16.3 Å². The highest BCUT2D eigenvalue weighted by Crippen LogP contribution is 2.39. The van der Waals surface area contributed by atoms with E-state index >= 15 is 0 Å². The molecule has 0 N–H and O–H groups in total. The highest BCUT2D eigenvalue weighted by molar-refractivity contribution is 7.93. The monoisotopic (exact) mass is 463 g/mol. The molecule has 0 radical (unpaired) electrons. The smallest absolute Gasteiger partial charge is 0.280 e. The molecule has 33 heavy (non-hydrogen) atoms. The zero-order valence-corrected chi connectivity index (χ0v) is 18.9. The molecule has 0 bridgehead atoms. The van der Waals surface area contributed by atoms with Gasteiger partial charge in [-0.05, 0) is 54.8 Å². The Hall–Kier alpha value is -3.72. The number of imide groups is 1. The Labute approximate surface area is 191 Å². The first kappa shape index (κ1) is 21.1. The predicted octanol–water partition coefficient (Wildman–Crippen LogP) is 3.03. The fourth-order valence-corrected chi connectivity index (χ4v) is 6.37. The minimum Gasteiger partial charge on any atom is -0.495 e. The quantitative estimate of drug-likeness (QED) is 0.540. The second kappa shape index (κ2) is 7.70. The lowest BCUT2D eigenvalue weighted by Crippen LogP contribution is -2.36. The van der Waals surface area contributed by atoms with Crippen molar-refractivity contribution in [1.82, 2.24) is 9.88 Å². The van der Waals surface area contributed by atoms with E-state index in [1.165, 1.54) is 23.7 Å². The van der Waals surface area contributed by atoms with E-state index in [1.54, 1.807) is 30.3 Å². The number of sulfonamides is 1. The number of carbonyl (C=O) groups excluding carboxylic acids is 2. The fourth-order valence-electron chi connectivity index (χ4n) is 4.47. The van der Waals surface area contributed by atoms with E-state index in [0.29, 0.717) is 17.7 Å². The Balaban J connectivity index is 1.53. The number of anilines is 1. The maximum Gasteiger partial charge on any atom is 0.280 e. The lowest BCUT2D eigenvalue weighted by atomic mass is 10.1. The third kappa shape index (κ3) is 3.27. The highest BCUT2D eigenvalue weighted by atomic mass is 32.2. The van der Waals surface area contributed by atoms with Crippen LogP contribution in [0, 0.1) is 0 Å². The van der Waals surface area contributed by atoms with Gasteiger partial charge in [-0.3, -0.25) is 23.8 Å². The van der Waals surface area contributed by atoms with Crippen LogP contribution in [0.2, 0.25) is 0 Å². The number of carbonyl (C=O) groups is 2. The SMILES string of the molecule is COc1ccc(CN2C(=O)c3cccnc3C2=O)cc1S(=O)(=O)N1c2ccccc2CC1C. The summed E-state index contributed by atoms with van der Waals surface area (Å²) in [5.74, 6) is -0.761. The van der Waals surface area contributed by atoms with Crippen LogP contribution in [0.25, 0.3) is 0 Å². The molecule has 0 fully saturated rings. The van der Waals surface area contributed by atoms with Gasteiger partial charge in [0.25, 0.3) is 21.8 Å². The molecule has 168 valence electrons. The van der Waals surface area contributed by atoms with E-state index in [9.17, 15) is 18.0 Å². The number of methoxy groups -OCH3 is 1. The molecule has 0 aliphatic carbocycles. The molecule has 2 aliphatic heterocycles. The third-order valence-electron chi connectivity index (χ3n) is 5.98. The van der Waals surface area contributed by atoms with Crippen LogP contribution in [-0.2, 0) is 23.0 Å². The molecule has 9 heteroatoms. The number of para-hydroxylation sites is 1. The number of hydrogen-bond donors (Lipinski definition) is 0. The topological polar surface area (TPSA) is 96.9 Å². The van der Waals surface area contributed by atoms with Crippen molar-refractivity contribution in [3.05, 3.63) is 83.2 Å². The van der Waals surface area contributed by atoms with E-state index in [4.69, 9.17) is 4.74 Å². The molecule has 0 spiro atoms. The summed E-state index contributed by atoms with van der Waals surface area (Å²) < 4.78 is 34.3. The lowest BCUT2D eigenvalue weighted by molar-refractivity contribution is 0.0640. The second-order valence-electron chi connectivity index (χ2n) is 8.06. The van der Waals surface area contributed by atoms with Gasteiger partial charge >= 0.3 is 0 Å². The van der Waals surface area contributed by atoms with Crippen molar-refractivity contribution in [1.29, 1.82) is 0 Å². The Bertz CT molecular complexity index is 1370. The van der Waals surface area contributed by atoms with Gasteiger partial charge in [0.05, 0.1) is 24.9 Å². The van der Waals surface area contributed by atoms with Crippen LogP contribution in [-0.4, -0.2) is 43.3 Å². The fraction of sp³-hybridized carbons (Fsp3) is 0.208. The van der Waals surface area contributed by atoms with E-state index in [1.807, 2.05) is 25.1 Å². The van der Waals surface area contributed by atoms with Gasteiger partial charge in [0.15, 0.2) is 0 Å². The maximum absolute atomic E-state index is 13.8. The van der Waals surface area contributed by atoms with Crippen LogP contribution >= 0.6 is 0 Å². The van der Waals surface area contributed by atoms with Gasteiger partial charge in [0, 0.05) is 12.2 Å². The van der Waals surface area contributed by atoms with Crippen LogP contribution in [0.15, 0.2) is 65.7 Å². The lowest BCUT2D eigenvalue weighted by Gasteiger charge is -2.26. The number of fused-ring (bicyclic) bond motifs is 2. The molecule has 1 atom stereocenters. The third-order valence-corrected chi connectivity index (χ3v) is 7.93. The number of rotatable bonds is 5.